The number of carbonyl (C=O) groups excluding carboxylic acids is 1. The first-order valence-electron chi connectivity index (χ1n) is 7.55. The molecule has 0 aromatic heterocycles. The van der Waals surface area contributed by atoms with Crippen LogP contribution in [-0.2, 0) is 4.79 Å². The molecule has 0 rings (SSSR count). The van der Waals surface area contributed by atoms with Crippen molar-refractivity contribution in [2.75, 3.05) is 5.88 Å². The molecule has 0 heterocycles. The number of alkyl halides is 1. The van der Waals surface area contributed by atoms with Crippen molar-refractivity contribution in [3.05, 3.63) is 37.0 Å². The summed E-state index contributed by atoms with van der Waals surface area (Å²) in [7, 11) is 0. The molecule has 0 bridgehead atoms. The van der Waals surface area contributed by atoms with Gasteiger partial charge in [0.15, 0.2) is 0 Å². The molecule has 0 radical (unpaired) electrons. The summed E-state index contributed by atoms with van der Waals surface area (Å²) in [5.41, 5.74) is 0.926. The van der Waals surface area contributed by atoms with Crippen molar-refractivity contribution < 1.29 is 4.79 Å². The molecule has 1 amide bonds. The molecular formula is C18H36ClNO. The number of nitrogens with one attached hydrogen (secondary N) is 1. The number of hydrogen-bond donors (Lipinski definition) is 1. The van der Waals surface area contributed by atoms with E-state index in [-0.39, 0.29) is 17.3 Å². The first-order valence-corrected chi connectivity index (χ1v) is 8.08. The summed E-state index contributed by atoms with van der Waals surface area (Å²) >= 11 is 5.41. The summed E-state index contributed by atoms with van der Waals surface area (Å²) in [6.45, 7) is 22.8. The van der Waals surface area contributed by atoms with Gasteiger partial charge in [-0.15, -0.1) is 18.2 Å². The highest BCUT2D eigenvalue weighted by molar-refractivity contribution is 6.27. The van der Waals surface area contributed by atoms with Crippen LogP contribution < -0.4 is 5.32 Å². The molecular weight excluding hydrogens is 282 g/mol. The second-order valence-corrected chi connectivity index (χ2v) is 4.67. The largest absolute Gasteiger partial charge is 0.350 e. The van der Waals surface area contributed by atoms with Gasteiger partial charge in [0.1, 0.15) is 5.88 Å². The fourth-order valence-corrected chi connectivity index (χ4v) is 1.48. The van der Waals surface area contributed by atoms with Crippen LogP contribution in [0.2, 0.25) is 0 Å². The van der Waals surface area contributed by atoms with E-state index in [0.29, 0.717) is 0 Å². The molecule has 21 heavy (non-hydrogen) atoms. The summed E-state index contributed by atoms with van der Waals surface area (Å²) in [4.78, 5) is 11.1. The molecule has 126 valence electrons. The van der Waals surface area contributed by atoms with Gasteiger partial charge in [-0.1, -0.05) is 58.1 Å². The van der Waals surface area contributed by atoms with E-state index >= 15 is 0 Å². The Hall–Kier alpha value is -1.02. The standard InChI is InChI=1S/C11H18ClNO.C3H6.2C2H6/c1-5-6-9(2)7-11(3,4)13-10(14)8-12;1-3-2;2*1-2/h5-6H,1,7-8H2,2-4H3,(H,13,14);3H,1H2,2H3;2*1-2H3/b9-6+;;;. The van der Waals surface area contributed by atoms with Gasteiger partial charge in [0.05, 0.1) is 0 Å². The molecule has 0 aromatic carbocycles. The van der Waals surface area contributed by atoms with Crippen molar-refractivity contribution in [3.8, 4) is 0 Å². The number of rotatable bonds is 5. The minimum atomic E-state index is -0.254. The molecule has 1 N–H and O–H groups in total. The lowest BCUT2D eigenvalue weighted by molar-refractivity contribution is -0.120. The minimum Gasteiger partial charge on any atom is -0.350 e. The minimum absolute atomic E-state index is 0.00759. The van der Waals surface area contributed by atoms with Gasteiger partial charge >= 0.3 is 0 Å². The van der Waals surface area contributed by atoms with Crippen molar-refractivity contribution in [2.24, 2.45) is 0 Å². The maximum absolute atomic E-state index is 11.1. The number of hydrogen-bond acceptors (Lipinski definition) is 1. The highest BCUT2D eigenvalue weighted by Crippen LogP contribution is 2.15. The Kier molecular flexibility index (Phi) is 28.6. The third-order valence-electron chi connectivity index (χ3n) is 1.72. The van der Waals surface area contributed by atoms with E-state index in [2.05, 4.69) is 18.5 Å². The zero-order valence-corrected chi connectivity index (χ0v) is 16.1. The Morgan fingerprint density at radius 3 is 1.86 bits per heavy atom. The molecule has 0 aliphatic carbocycles. The summed E-state index contributed by atoms with van der Waals surface area (Å²) in [6.07, 6.45) is 6.23. The van der Waals surface area contributed by atoms with Crippen LogP contribution in [0.25, 0.3) is 0 Å². The molecule has 2 nitrogen and oxygen atoms in total. The predicted molar refractivity (Wildman–Crippen MR) is 100 cm³/mol. The lowest BCUT2D eigenvalue weighted by Gasteiger charge is -2.26. The average Bonchev–Trinajstić information content (AvgIpc) is 2.43. The van der Waals surface area contributed by atoms with E-state index in [4.69, 9.17) is 11.6 Å². The topological polar surface area (TPSA) is 29.1 Å². The van der Waals surface area contributed by atoms with Crippen LogP contribution in [0.5, 0.6) is 0 Å². The Balaban J connectivity index is -0.000000176. The molecule has 0 aliphatic rings. The predicted octanol–water partition coefficient (Wildman–Crippen LogP) is 5.89. The second kappa shape index (κ2) is 21.3. The number of halogens is 1. The third kappa shape index (κ3) is 28.0. The van der Waals surface area contributed by atoms with Gasteiger partial charge in [-0.3, -0.25) is 4.79 Å². The lowest BCUT2D eigenvalue weighted by atomic mass is 9.95. The number of carbonyl (C=O) groups is 1. The van der Waals surface area contributed by atoms with Crippen LogP contribution in [0.15, 0.2) is 37.0 Å². The molecule has 0 unspecified atom stereocenters. The molecule has 3 heteroatoms. The van der Waals surface area contributed by atoms with Gasteiger partial charge < -0.3 is 5.32 Å². The Labute approximate surface area is 138 Å². The summed E-state index contributed by atoms with van der Waals surface area (Å²) < 4.78 is 0. The summed E-state index contributed by atoms with van der Waals surface area (Å²) in [5.74, 6) is -0.128. The van der Waals surface area contributed by atoms with Crippen molar-refractivity contribution in [3.63, 3.8) is 0 Å². The Morgan fingerprint density at radius 1 is 1.19 bits per heavy atom. The van der Waals surface area contributed by atoms with E-state index in [1.165, 1.54) is 5.57 Å². The van der Waals surface area contributed by atoms with E-state index in [0.717, 1.165) is 6.42 Å². The normalized spacial score (nSPS) is 9.48. The van der Waals surface area contributed by atoms with Crippen LogP contribution in [0.3, 0.4) is 0 Å². The van der Waals surface area contributed by atoms with Crippen LogP contribution in [0, 0.1) is 0 Å². The van der Waals surface area contributed by atoms with E-state index in [1.807, 2.05) is 61.5 Å². The maximum atomic E-state index is 11.1. The summed E-state index contributed by atoms with van der Waals surface area (Å²) in [5, 5.41) is 2.85. The van der Waals surface area contributed by atoms with Crippen LogP contribution in [0.1, 0.15) is 61.8 Å². The fraction of sp³-hybridized carbons (Fsp3) is 0.611. The lowest BCUT2D eigenvalue weighted by Crippen LogP contribution is -2.44. The van der Waals surface area contributed by atoms with Gasteiger partial charge in [0.25, 0.3) is 0 Å². The van der Waals surface area contributed by atoms with Gasteiger partial charge in [-0.25, -0.2) is 0 Å². The SMILES string of the molecule is C=C/C=C(\C)CC(C)(C)NC(=O)CCl.C=CC.CC.CC. The van der Waals surface area contributed by atoms with E-state index in [1.54, 1.807) is 12.2 Å². The van der Waals surface area contributed by atoms with Crippen molar-refractivity contribution in [2.45, 2.75) is 67.3 Å². The highest BCUT2D eigenvalue weighted by Gasteiger charge is 2.19. The van der Waals surface area contributed by atoms with Gasteiger partial charge in [0, 0.05) is 5.54 Å². The van der Waals surface area contributed by atoms with Crippen molar-refractivity contribution >= 4 is 17.5 Å². The maximum Gasteiger partial charge on any atom is 0.235 e. The van der Waals surface area contributed by atoms with Gasteiger partial charge in [-0.05, 0) is 34.1 Å². The molecule has 0 aliphatic heterocycles. The first kappa shape index (κ1) is 28.2. The third-order valence-corrected chi connectivity index (χ3v) is 1.97. The zero-order chi connectivity index (χ0) is 17.9. The smallest absolute Gasteiger partial charge is 0.235 e. The number of amides is 1. The van der Waals surface area contributed by atoms with Gasteiger partial charge in [-0.2, -0.15) is 0 Å². The van der Waals surface area contributed by atoms with Crippen molar-refractivity contribution in [1.82, 2.24) is 5.32 Å². The fourth-order valence-electron chi connectivity index (χ4n) is 1.41. The molecule has 0 saturated carbocycles. The molecule has 0 aromatic rings. The molecule has 0 atom stereocenters. The quantitative estimate of drug-likeness (QED) is 0.382. The average molecular weight is 318 g/mol. The Bertz CT molecular complexity index is 281. The molecule has 0 spiro atoms. The van der Waals surface area contributed by atoms with E-state index in [9.17, 15) is 4.79 Å². The molecule has 0 saturated heterocycles. The monoisotopic (exact) mass is 317 g/mol. The number of allylic oxidation sites excluding steroid dienone is 3. The van der Waals surface area contributed by atoms with Crippen LogP contribution in [-0.4, -0.2) is 17.3 Å². The second-order valence-electron chi connectivity index (χ2n) is 4.40. The van der Waals surface area contributed by atoms with Crippen molar-refractivity contribution in [1.29, 1.82) is 0 Å². The highest BCUT2D eigenvalue weighted by atomic mass is 35.5. The first-order chi connectivity index (χ1) is 9.82. The van der Waals surface area contributed by atoms with Crippen LogP contribution in [0.4, 0.5) is 0 Å². The van der Waals surface area contributed by atoms with E-state index < -0.39 is 0 Å². The van der Waals surface area contributed by atoms with Crippen LogP contribution >= 0.6 is 11.6 Å². The Morgan fingerprint density at radius 2 is 1.57 bits per heavy atom. The van der Waals surface area contributed by atoms with Gasteiger partial charge in [0.2, 0.25) is 5.91 Å². The zero-order valence-electron chi connectivity index (χ0n) is 15.3. The molecule has 0 fully saturated rings. The summed E-state index contributed by atoms with van der Waals surface area (Å²) in [6, 6.07) is 0.